The minimum atomic E-state index is -1.11. The van der Waals surface area contributed by atoms with Gasteiger partial charge in [-0.2, -0.15) is 0 Å². The fourth-order valence-electron chi connectivity index (χ4n) is 4.79. The number of nitrogens with one attached hydrogen (secondary N) is 1. The molecular weight excluding hydrogens is 468 g/mol. The molecule has 0 aromatic heterocycles. The van der Waals surface area contributed by atoms with Gasteiger partial charge < -0.3 is 33.9 Å². The second-order valence-corrected chi connectivity index (χ2v) is 8.84. The number of para-hydroxylation sites is 1. The van der Waals surface area contributed by atoms with Crippen molar-refractivity contribution in [3.05, 3.63) is 60.2 Å². The third-order valence-corrected chi connectivity index (χ3v) is 6.85. The Balaban J connectivity index is 1.70. The van der Waals surface area contributed by atoms with Gasteiger partial charge in [-0.15, -0.1) is 0 Å². The second-order valence-electron chi connectivity index (χ2n) is 8.45. The monoisotopic (exact) mass is 498 g/mol. The molecule has 35 heavy (non-hydrogen) atoms. The SMILES string of the molecule is C=CCOC(=O)[C@H]1[C@@H]2NC(=S)N(CCc3ccc(OC)c(OC)c3)[C@]1(C)Oc1c(OC)cccc12. The number of thiocarbonyl (C=S) groups is 1. The maximum atomic E-state index is 13.3. The Kier molecular flexibility index (Phi) is 7.07. The van der Waals surface area contributed by atoms with Crippen molar-refractivity contribution in [1.29, 1.82) is 0 Å². The highest BCUT2D eigenvalue weighted by atomic mass is 32.1. The molecule has 8 nitrogen and oxygen atoms in total. The highest BCUT2D eigenvalue weighted by Gasteiger charge is 2.59. The number of carbonyl (C=O) groups is 1. The molecule has 0 amide bonds. The van der Waals surface area contributed by atoms with E-state index in [2.05, 4.69) is 11.9 Å². The standard InChI is InChI=1S/C26H30N2O6S/c1-6-14-33-24(29)21-22-17-8-7-9-19(31-4)23(17)34-26(21,2)28(25(35)27-22)13-12-16-10-11-18(30-3)20(15-16)32-5/h6-11,15,21-22H,1,12-14H2,2-5H3,(H,27,35)/t21-,22-,26-/m1/s1. The summed E-state index contributed by atoms with van der Waals surface area (Å²) in [6.45, 7) is 6.12. The Hall–Kier alpha value is -3.46. The van der Waals surface area contributed by atoms with Crippen LogP contribution in [0.5, 0.6) is 23.0 Å². The number of carbonyl (C=O) groups excluding carboxylic acids is 1. The topological polar surface area (TPSA) is 78.5 Å². The Morgan fingerprint density at radius 1 is 1.17 bits per heavy atom. The lowest BCUT2D eigenvalue weighted by atomic mass is 9.79. The van der Waals surface area contributed by atoms with E-state index in [1.807, 2.05) is 48.2 Å². The van der Waals surface area contributed by atoms with E-state index in [1.54, 1.807) is 27.4 Å². The molecule has 2 heterocycles. The molecule has 1 fully saturated rings. The largest absolute Gasteiger partial charge is 0.493 e. The van der Waals surface area contributed by atoms with Crippen LogP contribution in [0.2, 0.25) is 0 Å². The molecule has 1 N–H and O–H groups in total. The average Bonchev–Trinajstić information content (AvgIpc) is 2.86. The molecular formula is C26H30N2O6S. The van der Waals surface area contributed by atoms with E-state index < -0.39 is 23.7 Å². The van der Waals surface area contributed by atoms with E-state index in [9.17, 15) is 4.79 Å². The van der Waals surface area contributed by atoms with Gasteiger partial charge in [-0.3, -0.25) is 4.79 Å². The van der Waals surface area contributed by atoms with Crippen LogP contribution in [0, 0.1) is 5.92 Å². The molecule has 0 radical (unpaired) electrons. The molecule has 0 spiro atoms. The average molecular weight is 499 g/mol. The van der Waals surface area contributed by atoms with Crippen LogP contribution in [-0.4, -0.2) is 56.2 Å². The van der Waals surface area contributed by atoms with Gasteiger partial charge in [0, 0.05) is 12.1 Å². The molecule has 0 aliphatic carbocycles. The van der Waals surface area contributed by atoms with Gasteiger partial charge in [0.2, 0.25) is 0 Å². The van der Waals surface area contributed by atoms with E-state index in [4.69, 9.17) is 35.9 Å². The van der Waals surface area contributed by atoms with Crippen molar-refractivity contribution in [2.24, 2.45) is 5.92 Å². The van der Waals surface area contributed by atoms with Gasteiger partial charge in [0.15, 0.2) is 33.8 Å². The predicted octanol–water partition coefficient (Wildman–Crippen LogP) is 3.64. The highest BCUT2D eigenvalue weighted by molar-refractivity contribution is 7.80. The maximum absolute atomic E-state index is 13.3. The number of fused-ring (bicyclic) bond motifs is 4. The van der Waals surface area contributed by atoms with Crippen molar-refractivity contribution >= 4 is 23.3 Å². The summed E-state index contributed by atoms with van der Waals surface area (Å²) in [4.78, 5) is 15.2. The van der Waals surface area contributed by atoms with Gasteiger partial charge in [0.05, 0.1) is 27.4 Å². The number of esters is 1. The Morgan fingerprint density at radius 2 is 1.91 bits per heavy atom. The molecule has 2 bridgehead atoms. The van der Waals surface area contributed by atoms with Crippen LogP contribution < -0.4 is 24.3 Å². The number of rotatable bonds is 9. The quantitative estimate of drug-likeness (QED) is 0.317. The van der Waals surface area contributed by atoms with Gasteiger partial charge in [-0.05, 0) is 49.3 Å². The van der Waals surface area contributed by atoms with Crippen LogP contribution in [0.15, 0.2) is 49.1 Å². The maximum Gasteiger partial charge on any atom is 0.317 e. The minimum absolute atomic E-state index is 0.110. The second kappa shape index (κ2) is 10.0. The van der Waals surface area contributed by atoms with E-state index in [0.717, 1.165) is 11.1 Å². The predicted molar refractivity (Wildman–Crippen MR) is 135 cm³/mol. The summed E-state index contributed by atoms with van der Waals surface area (Å²) in [6.07, 6.45) is 2.17. The first-order valence-electron chi connectivity index (χ1n) is 11.3. The Morgan fingerprint density at radius 3 is 2.60 bits per heavy atom. The van der Waals surface area contributed by atoms with Gasteiger partial charge in [0.25, 0.3) is 0 Å². The molecule has 0 unspecified atom stereocenters. The van der Waals surface area contributed by atoms with Gasteiger partial charge in [0.1, 0.15) is 12.5 Å². The zero-order valence-corrected chi connectivity index (χ0v) is 21.1. The zero-order valence-electron chi connectivity index (χ0n) is 20.3. The first-order valence-corrected chi connectivity index (χ1v) is 11.7. The first kappa shape index (κ1) is 24.7. The summed E-state index contributed by atoms with van der Waals surface area (Å²) < 4.78 is 28.4. The number of benzene rings is 2. The summed E-state index contributed by atoms with van der Waals surface area (Å²) in [5, 5.41) is 3.86. The summed E-state index contributed by atoms with van der Waals surface area (Å²) in [5.41, 5.74) is 0.712. The molecule has 3 atom stereocenters. The van der Waals surface area contributed by atoms with Crippen LogP contribution in [0.1, 0.15) is 24.1 Å². The molecule has 2 aliphatic heterocycles. The lowest BCUT2D eigenvalue weighted by molar-refractivity contribution is -0.174. The number of methoxy groups -OCH3 is 3. The summed E-state index contributed by atoms with van der Waals surface area (Å²) in [6, 6.07) is 11.0. The smallest absolute Gasteiger partial charge is 0.317 e. The third-order valence-electron chi connectivity index (χ3n) is 6.51. The van der Waals surface area contributed by atoms with Crippen LogP contribution in [0.4, 0.5) is 0 Å². The van der Waals surface area contributed by atoms with Crippen molar-refractivity contribution in [2.45, 2.75) is 25.1 Å². The van der Waals surface area contributed by atoms with Crippen LogP contribution in [0.25, 0.3) is 0 Å². The minimum Gasteiger partial charge on any atom is -0.493 e. The summed E-state index contributed by atoms with van der Waals surface area (Å²) in [5.74, 6) is 1.41. The molecule has 1 saturated heterocycles. The first-order chi connectivity index (χ1) is 16.9. The van der Waals surface area contributed by atoms with Crippen LogP contribution in [0.3, 0.4) is 0 Å². The molecule has 186 valence electrons. The molecule has 2 aromatic rings. The number of hydrogen-bond donors (Lipinski definition) is 1. The lowest BCUT2D eigenvalue weighted by Gasteiger charge is -2.55. The van der Waals surface area contributed by atoms with E-state index in [1.165, 1.54) is 0 Å². The Bertz CT molecular complexity index is 1140. The fraction of sp³-hybridized carbons (Fsp3) is 0.385. The normalized spacial score (nSPS) is 22.3. The van der Waals surface area contributed by atoms with Crippen molar-refractivity contribution in [3.63, 3.8) is 0 Å². The molecule has 0 saturated carbocycles. The van der Waals surface area contributed by atoms with E-state index in [0.29, 0.717) is 41.1 Å². The fourth-order valence-corrected chi connectivity index (χ4v) is 5.19. The summed E-state index contributed by atoms with van der Waals surface area (Å²) >= 11 is 5.76. The van der Waals surface area contributed by atoms with Gasteiger partial charge >= 0.3 is 5.97 Å². The van der Waals surface area contributed by atoms with E-state index in [-0.39, 0.29) is 6.61 Å². The third kappa shape index (κ3) is 4.36. The molecule has 2 aliphatic rings. The zero-order chi connectivity index (χ0) is 25.2. The number of hydrogen-bond acceptors (Lipinski definition) is 7. The lowest BCUT2D eigenvalue weighted by Crippen LogP contribution is -2.71. The van der Waals surface area contributed by atoms with Gasteiger partial charge in [-0.25, -0.2) is 0 Å². The van der Waals surface area contributed by atoms with Crippen molar-refractivity contribution in [1.82, 2.24) is 10.2 Å². The molecule has 2 aromatic carbocycles. The van der Waals surface area contributed by atoms with Crippen molar-refractivity contribution in [2.75, 3.05) is 34.5 Å². The van der Waals surface area contributed by atoms with E-state index >= 15 is 0 Å². The molecule has 4 rings (SSSR count). The highest BCUT2D eigenvalue weighted by Crippen LogP contribution is 2.51. The van der Waals surface area contributed by atoms with Crippen molar-refractivity contribution < 1.29 is 28.5 Å². The van der Waals surface area contributed by atoms with Crippen LogP contribution in [-0.2, 0) is 16.0 Å². The summed E-state index contributed by atoms with van der Waals surface area (Å²) in [7, 11) is 4.80. The Labute approximate surface area is 210 Å². The number of ether oxygens (including phenoxy) is 5. The van der Waals surface area contributed by atoms with Gasteiger partial charge in [-0.1, -0.05) is 30.9 Å². The van der Waals surface area contributed by atoms with Crippen LogP contribution >= 0.6 is 12.2 Å². The molecule has 9 heteroatoms. The number of nitrogens with zero attached hydrogens (tertiary/aromatic N) is 1. The van der Waals surface area contributed by atoms with Crippen molar-refractivity contribution in [3.8, 4) is 23.0 Å².